The summed E-state index contributed by atoms with van der Waals surface area (Å²) in [6.07, 6.45) is 2.59. The van der Waals surface area contributed by atoms with Crippen molar-refractivity contribution >= 4 is 27.3 Å². The number of carbonyl (C=O) groups is 1. The second kappa shape index (κ2) is 7.46. The third-order valence-electron chi connectivity index (χ3n) is 3.79. The van der Waals surface area contributed by atoms with Crippen LogP contribution in [0.15, 0.2) is 34.7 Å². The van der Waals surface area contributed by atoms with Crippen molar-refractivity contribution in [3.63, 3.8) is 0 Å². The molecule has 1 saturated heterocycles. The number of methoxy groups -OCH3 is 1. The lowest BCUT2D eigenvalue weighted by Crippen LogP contribution is -2.44. The lowest BCUT2D eigenvalue weighted by Gasteiger charge is -2.31. The first-order chi connectivity index (χ1) is 12.0. The molecule has 1 unspecified atom stereocenters. The summed E-state index contributed by atoms with van der Waals surface area (Å²) < 4.78 is 37.6. The topological polar surface area (TPSA) is 98.7 Å². The van der Waals surface area contributed by atoms with Gasteiger partial charge in [0.25, 0.3) is 0 Å². The summed E-state index contributed by atoms with van der Waals surface area (Å²) in [5.74, 6) is -0.296. The molecule has 1 fully saturated rings. The van der Waals surface area contributed by atoms with E-state index in [0.29, 0.717) is 18.8 Å². The molecule has 10 heteroatoms. The van der Waals surface area contributed by atoms with E-state index in [0.717, 1.165) is 17.8 Å². The van der Waals surface area contributed by atoms with E-state index in [1.807, 2.05) is 0 Å². The zero-order valence-electron chi connectivity index (χ0n) is 13.5. The Morgan fingerprint density at radius 2 is 2.24 bits per heavy atom. The zero-order valence-corrected chi connectivity index (χ0v) is 15.1. The van der Waals surface area contributed by atoms with E-state index in [2.05, 4.69) is 14.9 Å². The van der Waals surface area contributed by atoms with Crippen LogP contribution in [0.2, 0.25) is 0 Å². The Kier molecular flexibility index (Phi) is 5.30. The Balaban J connectivity index is 1.78. The summed E-state index contributed by atoms with van der Waals surface area (Å²) >= 11 is 1.05. The highest BCUT2D eigenvalue weighted by Gasteiger charge is 2.34. The normalized spacial score (nSPS) is 18.7. The van der Waals surface area contributed by atoms with Gasteiger partial charge in [0.2, 0.25) is 15.9 Å². The van der Waals surface area contributed by atoms with Gasteiger partial charge in [0, 0.05) is 18.8 Å². The van der Waals surface area contributed by atoms with E-state index < -0.39 is 16.0 Å². The number of aromatic nitrogens is 2. The Hall–Kier alpha value is -2.04. The van der Waals surface area contributed by atoms with E-state index >= 15 is 0 Å². The molecular formula is C15H17N3O5S2. The van der Waals surface area contributed by atoms with Gasteiger partial charge in [-0.05, 0) is 30.4 Å². The molecule has 3 rings (SSSR count). The van der Waals surface area contributed by atoms with Crippen LogP contribution >= 0.6 is 11.3 Å². The van der Waals surface area contributed by atoms with Crippen LogP contribution in [0.3, 0.4) is 0 Å². The molecule has 0 N–H and O–H groups in total. The lowest BCUT2D eigenvalue weighted by molar-refractivity contribution is 0.0602. The number of piperidine rings is 1. The van der Waals surface area contributed by atoms with Gasteiger partial charge in [-0.3, -0.25) is 0 Å². The number of hydrogen-bond donors (Lipinski definition) is 0. The Morgan fingerprint density at radius 1 is 1.40 bits per heavy atom. The molecule has 0 amide bonds. The fourth-order valence-electron chi connectivity index (χ4n) is 2.62. The SMILES string of the molecule is COC(=O)c1sccc1S(=O)(=O)N1CCCC(Oc2cccnn2)C1. The number of nitrogens with zero attached hydrogens (tertiary/aromatic N) is 3. The number of ether oxygens (including phenoxy) is 2. The van der Waals surface area contributed by atoms with E-state index in [-0.39, 0.29) is 22.4 Å². The van der Waals surface area contributed by atoms with Gasteiger partial charge >= 0.3 is 5.97 Å². The summed E-state index contributed by atoms with van der Waals surface area (Å²) in [5, 5.41) is 9.17. The fraction of sp³-hybridized carbons (Fsp3) is 0.400. The molecule has 2 aromatic rings. The van der Waals surface area contributed by atoms with Crippen LogP contribution < -0.4 is 4.74 Å². The van der Waals surface area contributed by atoms with E-state index in [1.54, 1.807) is 17.5 Å². The minimum atomic E-state index is -3.80. The smallest absolute Gasteiger partial charge is 0.349 e. The summed E-state index contributed by atoms with van der Waals surface area (Å²) in [6, 6.07) is 4.81. The first-order valence-corrected chi connectivity index (χ1v) is 9.94. The number of thiophene rings is 1. The molecule has 8 nitrogen and oxygen atoms in total. The number of rotatable bonds is 5. The van der Waals surface area contributed by atoms with Gasteiger partial charge in [-0.15, -0.1) is 16.4 Å². The molecule has 1 aliphatic heterocycles. The predicted octanol–water partition coefficient (Wildman–Crippen LogP) is 1.56. The quantitative estimate of drug-likeness (QED) is 0.723. The standard InChI is InChI=1S/C15H17N3O5S2/c1-22-15(19)14-12(6-9-24-14)25(20,21)18-8-3-4-11(10-18)23-13-5-2-7-16-17-13/h2,5-7,9,11H,3-4,8,10H2,1H3. The van der Waals surface area contributed by atoms with Crippen molar-refractivity contribution < 1.29 is 22.7 Å². The second-order valence-corrected chi connectivity index (χ2v) is 8.24. The third kappa shape index (κ3) is 3.80. The maximum absolute atomic E-state index is 12.9. The average Bonchev–Trinajstić information content (AvgIpc) is 3.13. The van der Waals surface area contributed by atoms with Gasteiger partial charge in [0.15, 0.2) is 0 Å². The summed E-state index contributed by atoms with van der Waals surface area (Å²) in [6.45, 7) is 0.564. The third-order valence-corrected chi connectivity index (χ3v) is 6.73. The number of sulfonamides is 1. The maximum atomic E-state index is 12.9. The van der Waals surface area contributed by atoms with Crippen molar-refractivity contribution in [1.29, 1.82) is 0 Å². The van der Waals surface area contributed by atoms with Gasteiger partial charge in [0.1, 0.15) is 15.9 Å². The Labute approximate surface area is 149 Å². The molecular weight excluding hydrogens is 366 g/mol. The van der Waals surface area contributed by atoms with Crippen LogP contribution in [-0.2, 0) is 14.8 Å². The summed E-state index contributed by atoms with van der Waals surface area (Å²) in [7, 11) is -2.58. The molecule has 0 bridgehead atoms. The highest BCUT2D eigenvalue weighted by Crippen LogP contribution is 2.28. The molecule has 134 valence electrons. The molecule has 0 aromatic carbocycles. The van der Waals surface area contributed by atoms with Crippen molar-refractivity contribution in [2.24, 2.45) is 0 Å². The van der Waals surface area contributed by atoms with Crippen molar-refractivity contribution in [2.75, 3.05) is 20.2 Å². The number of carbonyl (C=O) groups excluding carboxylic acids is 1. The average molecular weight is 383 g/mol. The first-order valence-electron chi connectivity index (χ1n) is 7.62. The van der Waals surface area contributed by atoms with Crippen LogP contribution in [0.5, 0.6) is 5.88 Å². The minimum Gasteiger partial charge on any atom is -0.472 e. The van der Waals surface area contributed by atoms with Gasteiger partial charge in [-0.1, -0.05) is 0 Å². The van der Waals surface area contributed by atoms with E-state index in [1.165, 1.54) is 23.7 Å². The summed E-state index contributed by atoms with van der Waals surface area (Å²) in [4.78, 5) is 11.9. The van der Waals surface area contributed by atoms with Crippen molar-refractivity contribution in [3.8, 4) is 5.88 Å². The summed E-state index contributed by atoms with van der Waals surface area (Å²) in [5.41, 5.74) is 0. The van der Waals surface area contributed by atoms with E-state index in [4.69, 9.17) is 4.74 Å². The van der Waals surface area contributed by atoms with Gasteiger partial charge in [0.05, 0.1) is 13.7 Å². The highest BCUT2D eigenvalue weighted by atomic mass is 32.2. The minimum absolute atomic E-state index is 0.0236. The van der Waals surface area contributed by atoms with Crippen LogP contribution in [0.1, 0.15) is 22.5 Å². The van der Waals surface area contributed by atoms with Crippen molar-refractivity contribution in [1.82, 2.24) is 14.5 Å². The number of esters is 1. The largest absolute Gasteiger partial charge is 0.472 e. The lowest BCUT2D eigenvalue weighted by atomic mass is 10.1. The zero-order chi connectivity index (χ0) is 17.9. The van der Waals surface area contributed by atoms with Gasteiger partial charge in [-0.2, -0.15) is 9.40 Å². The van der Waals surface area contributed by atoms with Gasteiger partial charge < -0.3 is 9.47 Å². The Bertz CT molecular complexity index is 838. The second-order valence-electron chi connectivity index (χ2n) is 5.41. The first kappa shape index (κ1) is 17.8. The van der Waals surface area contributed by atoms with Crippen molar-refractivity contribution in [3.05, 3.63) is 34.7 Å². The van der Waals surface area contributed by atoms with Crippen molar-refractivity contribution in [2.45, 2.75) is 23.8 Å². The van der Waals surface area contributed by atoms with Crippen LogP contribution in [0.4, 0.5) is 0 Å². The molecule has 1 aliphatic rings. The molecule has 0 radical (unpaired) electrons. The molecule has 2 aromatic heterocycles. The fourth-order valence-corrected chi connectivity index (χ4v) is 5.44. The number of hydrogen-bond acceptors (Lipinski definition) is 8. The predicted molar refractivity (Wildman–Crippen MR) is 90.1 cm³/mol. The van der Waals surface area contributed by atoms with Gasteiger partial charge in [-0.25, -0.2) is 13.2 Å². The van der Waals surface area contributed by atoms with E-state index in [9.17, 15) is 13.2 Å². The Morgan fingerprint density at radius 3 is 2.96 bits per heavy atom. The highest BCUT2D eigenvalue weighted by molar-refractivity contribution is 7.89. The molecule has 25 heavy (non-hydrogen) atoms. The molecule has 0 spiro atoms. The van der Waals surface area contributed by atoms with Crippen LogP contribution in [0, 0.1) is 0 Å². The van der Waals surface area contributed by atoms with Crippen LogP contribution in [-0.4, -0.2) is 55.2 Å². The molecule has 1 atom stereocenters. The molecule has 0 aliphatic carbocycles. The molecule has 3 heterocycles. The monoisotopic (exact) mass is 383 g/mol. The maximum Gasteiger partial charge on any atom is 0.349 e. The van der Waals surface area contributed by atoms with Crippen LogP contribution in [0.25, 0.3) is 0 Å². The molecule has 0 saturated carbocycles.